The van der Waals surface area contributed by atoms with Crippen LogP contribution in [-0.2, 0) is 33.3 Å². The minimum atomic E-state index is -0.623. The van der Waals surface area contributed by atoms with Crippen LogP contribution in [0.4, 0.5) is 5.69 Å². The second-order valence-electron chi connectivity index (χ2n) is 7.09. The molecular formula is C23H24N2O10Se. The molecule has 1 aromatic carbocycles. The molecule has 0 unspecified atom stereocenters. The van der Waals surface area contributed by atoms with Crippen LogP contribution >= 0.6 is 0 Å². The molecule has 0 bridgehead atoms. The molecule has 0 amide bonds. The quantitative estimate of drug-likeness (QED) is 0.188. The number of methoxy groups -OCH3 is 3. The van der Waals surface area contributed by atoms with Gasteiger partial charge in [0, 0.05) is 0 Å². The molecule has 13 heteroatoms. The van der Waals surface area contributed by atoms with E-state index in [0.29, 0.717) is 25.7 Å². The van der Waals surface area contributed by atoms with Crippen molar-refractivity contribution in [3.05, 3.63) is 28.8 Å². The molecule has 0 radical (unpaired) electrons. The fourth-order valence-electron chi connectivity index (χ4n) is 3.07. The van der Waals surface area contributed by atoms with E-state index in [1.807, 2.05) is 0 Å². The van der Waals surface area contributed by atoms with Crippen molar-refractivity contribution in [2.24, 2.45) is 0 Å². The monoisotopic (exact) mass is 568 g/mol. The number of rotatable bonds is 11. The summed E-state index contributed by atoms with van der Waals surface area (Å²) < 4.78 is 31.9. The first-order chi connectivity index (χ1) is 17.3. The first kappa shape index (κ1) is 26.8. The average Bonchev–Trinajstić information content (AvgIpc) is 3.53. The zero-order chi connectivity index (χ0) is 26.2. The SMILES string of the molecule is CCOC(=O)c1cnc(-c2cc3cc(OCC(=O)OC)c(N(CC(=O)OC)CC(=O)OC)cc3o2)[se]1. The van der Waals surface area contributed by atoms with Gasteiger partial charge in [-0.2, -0.15) is 0 Å². The normalized spacial score (nSPS) is 10.6. The molecule has 12 nitrogen and oxygen atoms in total. The third-order valence-corrected chi connectivity index (χ3v) is 6.88. The van der Waals surface area contributed by atoms with Crippen LogP contribution in [0, 0.1) is 0 Å². The van der Waals surface area contributed by atoms with Gasteiger partial charge in [0.05, 0.1) is 0 Å². The fourth-order valence-corrected chi connectivity index (χ4v) is 4.67. The van der Waals surface area contributed by atoms with Gasteiger partial charge in [-0.15, -0.1) is 0 Å². The van der Waals surface area contributed by atoms with E-state index in [1.165, 1.54) is 32.4 Å². The number of furan rings is 1. The van der Waals surface area contributed by atoms with E-state index in [1.54, 1.807) is 25.1 Å². The van der Waals surface area contributed by atoms with Crippen molar-refractivity contribution in [3.63, 3.8) is 0 Å². The van der Waals surface area contributed by atoms with Gasteiger partial charge < -0.3 is 0 Å². The predicted molar refractivity (Wildman–Crippen MR) is 126 cm³/mol. The molecule has 36 heavy (non-hydrogen) atoms. The molecule has 0 N–H and O–H groups in total. The molecule has 0 atom stereocenters. The number of carbonyl (C=O) groups excluding carboxylic acids is 4. The van der Waals surface area contributed by atoms with Gasteiger partial charge in [0.1, 0.15) is 0 Å². The maximum atomic E-state index is 12.1. The van der Waals surface area contributed by atoms with Gasteiger partial charge >= 0.3 is 212 Å². The number of nitrogens with zero attached hydrogens (tertiary/aromatic N) is 2. The summed E-state index contributed by atoms with van der Waals surface area (Å²) in [6.07, 6.45) is 1.46. The molecule has 0 fully saturated rings. The van der Waals surface area contributed by atoms with Gasteiger partial charge in [0.2, 0.25) is 0 Å². The maximum absolute atomic E-state index is 12.1. The molecule has 0 aliphatic carbocycles. The van der Waals surface area contributed by atoms with Crippen LogP contribution in [0.5, 0.6) is 5.75 Å². The van der Waals surface area contributed by atoms with Crippen LogP contribution in [0.25, 0.3) is 21.3 Å². The topological polar surface area (TPSA) is 144 Å². The Balaban J connectivity index is 2.06. The van der Waals surface area contributed by atoms with Crippen molar-refractivity contribution in [2.75, 3.05) is 52.5 Å². The summed E-state index contributed by atoms with van der Waals surface area (Å²) in [5.41, 5.74) is 0.681. The number of hydrogen-bond donors (Lipinski definition) is 0. The number of aromatic nitrogens is 1. The van der Waals surface area contributed by atoms with Crippen molar-refractivity contribution < 1.29 is 47.3 Å². The number of esters is 4. The average molecular weight is 567 g/mol. The van der Waals surface area contributed by atoms with Crippen LogP contribution in [-0.4, -0.2) is 91.0 Å². The van der Waals surface area contributed by atoms with Crippen LogP contribution < -0.4 is 9.64 Å². The number of anilines is 1. The molecule has 3 rings (SSSR count). The van der Waals surface area contributed by atoms with Crippen LogP contribution in [0.1, 0.15) is 16.2 Å². The first-order valence-electron chi connectivity index (χ1n) is 10.6. The molecule has 0 saturated carbocycles. The Labute approximate surface area is 211 Å². The Morgan fingerprint density at radius 3 is 2.25 bits per heavy atom. The number of hydrogen-bond acceptors (Lipinski definition) is 12. The van der Waals surface area contributed by atoms with E-state index < -0.39 is 45.0 Å². The Hall–Kier alpha value is -3.83. The second-order valence-corrected chi connectivity index (χ2v) is 9.25. The van der Waals surface area contributed by atoms with Gasteiger partial charge in [-0.3, -0.25) is 0 Å². The third kappa shape index (κ3) is 6.43. The van der Waals surface area contributed by atoms with Crippen molar-refractivity contribution in [3.8, 4) is 16.1 Å². The molecule has 0 saturated heterocycles. The molecule has 3 aromatic rings. The van der Waals surface area contributed by atoms with Crippen molar-refractivity contribution in [1.82, 2.24) is 4.98 Å². The van der Waals surface area contributed by atoms with Gasteiger partial charge in [0.15, 0.2) is 0 Å². The minimum absolute atomic E-state index is 0.192. The first-order valence-corrected chi connectivity index (χ1v) is 12.3. The van der Waals surface area contributed by atoms with Crippen LogP contribution in [0.2, 0.25) is 0 Å². The van der Waals surface area contributed by atoms with Crippen LogP contribution in [0.3, 0.4) is 0 Å². The zero-order valence-corrected chi connectivity index (χ0v) is 21.7. The fraction of sp³-hybridized carbons (Fsp3) is 0.348. The van der Waals surface area contributed by atoms with E-state index in [4.69, 9.17) is 23.4 Å². The summed E-state index contributed by atoms with van der Waals surface area (Å²) in [6.45, 7) is 0.968. The standard InChI is InChI=1S/C23H24N2O10Se/c1-5-33-23(29)18-9-24-22(36-18)17-7-13-6-16(34-12-21(28)32-4)14(8-15(13)35-17)25(10-19(26)30-2)11-20(27)31-3/h6-9H,5,10-12H2,1-4H3. The molecule has 0 aliphatic rings. The Morgan fingerprint density at radius 1 is 0.972 bits per heavy atom. The zero-order valence-electron chi connectivity index (χ0n) is 20.0. The van der Waals surface area contributed by atoms with Crippen LogP contribution in [0.15, 0.2) is 28.8 Å². The Morgan fingerprint density at radius 2 is 1.64 bits per heavy atom. The van der Waals surface area contributed by atoms with Gasteiger partial charge in [0.25, 0.3) is 0 Å². The number of fused-ring (bicyclic) bond motifs is 1. The summed E-state index contributed by atoms with van der Waals surface area (Å²) in [6, 6.07) is 4.89. The van der Waals surface area contributed by atoms with E-state index in [2.05, 4.69) is 9.72 Å². The van der Waals surface area contributed by atoms with Gasteiger partial charge in [-0.05, 0) is 0 Å². The van der Waals surface area contributed by atoms with E-state index in [0.717, 1.165) is 0 Å². The third-order valence-electron chi connectivity index (χ3n) is 4.80. The molecule has 192 valence electrons. The summed E-state index contributed by atoms with van der Waals surface area (Å²) in [7, 11) is 3.66. The molecule has 2 aromatic heterocycles. The van der Waals surface area contributed by atoms with E-state index in [-0.39, 0.29) is 31.1 Å². The van der Waals surface area contributed by atoms with Crippen molar-refractivity contribution in [1.29, 1.82) is 0 Å². The van der Waals surface area contributed by atoms with E-state index in [9.17, 15) is 19.2 Å². The van der Waals surface area contributed by atoms with Gasteiger partial charge in [-0.1, -0.05) is 0 Å². The molecule has 0 spiro atoms. The second kappa shape index (κ2) is 12.2. The predicted octanol–water partition coefficient (Wildman–Crippen LogP) is 1.43. The van der Waals surface area contributed by atoms with Gasteiger partial charge in [-0.25, -0.2) is 0 Å². The molecular weight excluding hydrogens is 543 g/mol. The molecule has 2 heterocycles. The molecule has 0 aliphatic heterocycles. The number of benzene rings is 1. The van der Waals surface area contributed by atoms with Crippen molar-refractivity contribution in [2.45, 2.75) is 6.92 Å². The Kier molecular flexibility index (Phi) is 9.09. The number of ether oxygens (including phenoxy) is 5. The number of carbonyl (C=O) groups is 4. The summed E-state index contributed by atoms with van der Waals surface area (Å²) >= 11 is -0.422. The van der Waals surface area contributed by atoms with Crippen molar-refractivity contribution >= 4 is 55.0 Å². The summed E-state index contributed by atoms with van der Waals surface area (Å²) in [5, 5.41) is 0.604. The summed E-state index contributed by atoms with van der Waals surface area (Å²) in [4.78, 5) is 53.5. The van der Waals surface area contributed by atoms with E-state index >= 15 is 0 Å². The summed E-state index contributed by atoms with van der Waals surface area (Å²) in [5.74, 6) is -1.64. The Bertz CT molecular complexity index is 1250.